The molecule has 5 heteroatoms. The smallest absolute Gasteiger partial charge is 0.124 e. The Morgan fingerprint density at radius 1 is 1.44 bits per heavy atom. The summed E-state index contributed by atoms with van der Waals surface area (Å²) in [6.07, 6.45) is 5.66. The first-order valence-corrected chi connectivity index (χ1v) is 6.90. The molecule has 2 fully saturated rings. The first-order valence-electron chi connectivity index (χ1n) is 6.49. The number of nitrogens with one attached hydrogen (secondary N) is 1. The van der Waals surface area contributed by atoms with Gasteiger partial charge in [-0.25, -0.2) is 0 Å². The zero-order chi connectivity index (χ0) is 12.5. The van der Waals surface area contributed by atoms with Crippen molar-refractivity contribution in [3.63, 3.8) is 0 Å². The summed E-state index contributed by atoms with van der Waals surface area (Å²) in [7, 11) is 0. The highest BCUT2D eigenvalue weighted by Crippen LogP contribution is 2.30. The van der Waals surface area contributed by atoms with Crippen molar-refractivity contribution >= 4 is 22.9 Å². The molecular formula is C13H18N4S. The van der Waals surface area contributed by atoms with Crippen molar-refractivity contribution in [1.82, 2.24) is 9.88 Å². The number of rotatable bonds is 4. The number of aromatic nitrogens is 1. The quantitative estimate of drug-likeness (QED) is 0.803. The fourth-order valence-electron chi connectivity index (χ4n) is 2.61. The van der Waals surface area contributed by atoms with Gasteiger partial charge in [0.1, 0.15) is 10.7 Å². The first kappa shape index (κ1) is 11.9. The van der Waals surface area contributed by atoms with Gasteiger partial charge >= 0.3 is 0 Å². The van der Waals surface area contributed by atoms with Crippen molar-refractivity contribution in [2.75, 3.05) is 18.4 Å². The second-order valence-electron chi connectivity index (χ2n) is 5.12. The molecule has 0 spiro atoms. The summed E-state index contributed by atoms with van der Waals surface area (Å²) in [5, 5.41) is 3.53. The van der Waals surface area contributed by atoms with E-state index in [1.54, 1.807) is 6.20 Å². The molecule has 1 saturated heterocycles. The Bertz CT molecular complexity index is 458. The average Bonchev–Trinajstić information content (AvgIpc) is 3.11. The highest BCUT2D eigenvalue weighted by molar-refractivity contribution is 7.80. The van der Waals surface area contributed by atoms with Crippen molar-refractivity contribution in [2.45, 2.75) is 31.3 Å². The Morgan fingerprint density at radius 2 is 2.28 bits per heavy atom. The summed E-state index contributed by atoms with van der Waals surface area (Å²) >= 11 is 5.03. The van der Waals surface area contributed by atoms with E-state index in [9.17, 15) is 0 Å². The van der Waals surface area contributed by atoms with Gasteiger partial charge in [0.25, 0.3) is 0 Å². The van der Waals surface area contributed by atoms with Crippen molar-refractivity contribution in [3.8, 4) is 0 Å². The molecule has 3 N–H and O–H groups in total. The molecule has 4 nitrogen and oxygen atoms in total. The van der Waals surface area contributed by atoms with E-state index in [-0.39, 0.29) is 0 Å². The topological polar surface area (TPSA) is 54.2 Å². The van der Waals surface area contributed by atoms with Crippen LogP contribution in [0.2, 0.25) is 0 Å². The van der Waals surface area contributed by atoms with Gasteiger partial charge in [-0.15, -0.1) is 0 Å². The Morgan fingerprint density at radius 3 is 3.00 bits per heavy atom. The van der Waals surface area contributed by atoms with Gasteiger partial charge in [-0.05, 0) is 31.4 Å². The number of likely N-dealkylation sites (tertiary alicyclic amines) is 1. The molecule has 0 amide bonds. The summed E-state index contributed by atoms with van der Waals surface area (Å²) in [6, 6.07) is 5.25. The van der Waals surface area contributed by atoms with Crippen LogP contribution in [0.1, 0.15) is 25.0 Å². The van der Waals surface area contributed by atoms with Crippen molar-refractivity contribution in [2.24, 2.45) is 5.73 Å². The predicted octanol–water partition coefficient (Wildman–Crippen LogP) is 1.36. The molecule has 1 aromatic rings. The third-order valence-corrected chi connectivity index (χ3v) is 3.88. The van der Waals surface area contributed by atoms with Crippen LogP contribution < -0.4 is 11.1 Å². The zero-order valence-electron chi connectivity index (χ0n) is 10.3. The number of nitrogens with zero attached hydrogens (tertiary/aromatic N) is 2. The minimum Gasteiger partial charge on any atom is -0.388 e. The zero-order valence-corrected chi connectivity index (χ0v) is 11.1. The molecule has 1 aliphatic heterocycles. The fraction of sp³-hybridized carbons (Fsp3) is 0.538. The number of nitrogens with two attached hydrogens (primary N) is 1. The molecule has 0 radical (unpaired) electrons. The molecule has 0 aromatic carbocycles. The number of hydrogen-bond acceptors (Lipinski definition) is 4. The Kier molecular flexibility index (Phi) is 3.18. The van der Waals surface area contributed by atoms with E-state index in [0.29, 0.717) is 16.7 Å². The van der Waals surface area contributed by atoms with Gasteiger partial charge in [-0.3, -0.25) is 9.88 Å². The Labute approximate surface area is 113 Å². The summed E-state index contributed by atoms with van der Waals surface area (Å²) in [4.78, 5) is 7.18. The van der Waals surface area contributed by atoms with Crippen LogP contribution in [0, 0.1) is 0 Å². The van der Waals surface area contributed by atoms with Crippen LogP contribution in [-0.2, 0) is 0 Å². The largest absolute Gasteiger partial charge is 0.388 e. The maximum atomic E-state index is 5.69. The normalized spacial score (nSPS) is 24.1. The molecular weight excluding hydrogens is 244 g/mol. The number of anilines is 1. The lowest BCUT2D eigenvalue weighted by atomic mass is 10.2. The van der Waals surface area contributed by atoms with Crippen LogP contribution in [0.25, 0.3) is 0 Å². The van der Waals surface area contributed by atoms with E-state index in [1.807, 2.05) is 12.1 Å². The highest BCUT2D eigenvalue weighted by Gasteiger charge is 2.34. The summed E-state index contributed by atoms with van der Waals surface area (Å²) in [6.45, 7) is 2.32. The average molecular weight is 262 g/mol. The van der Waals surface area contributed by atoms with Crippen molar-refractivity contribution in [3.05, 3.63) is 24.0 Å². The molecule has 0 bridgehead atoms. The van der Waals surface area contributed by atoms with Gasteiger partial charge in [0.2, 0.25) is 0 Å². The van der Waals surface area contributed by atoms with Crippen LogP contribution in [0.15, 0.2) is 18.3 Å². The lowest BCUT2D eigenvalue weighted by Gasteiger charge is -2.17. The molecule has 1 saturated carbocycles. The van der Waals surface area contributed by atoms with Gasteiger partial charge in [-0.1, -0.05) is 12.2 Å². The van der Waals surface area contributed by atoms with Crippen LogP contribution >= 0.6 is 12.2 Å². The summed E-state index contributed by atoms with van der Waals surface area (Å²) < 4.78 is 0. The molecule has 2 aliphatic rings. The molecule has 1 aliphatic carbocycles. The van der Waals surface area contributed by atoms with Gasteiger partial charge in [-0.2, -0.15) is 0 Å². The molecule has 1 atom stereocenters. The third-order valence-electron chi connectivity index (χ3n) is 3.68. The molecule has 3 rings (SSSR count). The molecule has 1 aromatic heterocycles. The van der Waals surface area contributed by atoms with Gasteiger partial charge < -0.3 is 11.1 Å². The van der Waals surface area contributed by atoms with Gasteiger partial charge in [0, 0.05) is 31.4 Å². The molecule has 2 heterocycles. The lowest BCUT2D eigenvalue weighted by molar-refractivity contribution is 0.326. The standard InChI is InChI=1S/C13H18N4S/c14-13(18)12-11(2-1-6-15-12)16-9-5-7-17(8-9)10-3-4-10/h1-2,6,9-10,16H,3-5,7-8H2,(H2,14,18). The second kappa shape index (κ2) is 4.82. The Balaban J connectivity index is 1.67. The van der Waals surface area contributed by atoms with Crippen LogP contribution in [-0.4, -0.2) is 40.0 Å². The van der Waals surface area contributed by atoms with Crippen molar-refractivity contribution in [1.29, 1.82) is 0 Å². The number of hydrogen-bond donors (Lipinski definition) is 2. The van der Waals surface area contributed by atoms with Crippen molar-refractivity contribution < 1.29 is 0 Å². The summed E-state index contributed by atoms with van der Waals surface area (Å²) in [5.74, 6) is 0. The maximum Gasteiger partial charge on any atom is 0.124 e. The van der Waals surface area contributed by atoms with E-state index in [2.05, 4.69) is 15.2 Å². The minimum atomic E-state index is 0.357. The summed E-state index contributed by atoms with van der Waals surface area (Å²) in [5.41, 5.74) is 7.36. The predicted molar refractivity (Wildman–Crippen MR) is 76.7 cm³/mol. The van der Waals surface area contributed by atoms with Crippen LogP contribution in [0.3, 0.4) is 0 Å². The molecule has 1 unspecified atom stereocenters. The minimum absolute atomic E-state index is 0.357. The van der Waals surface area contributed by atoms with E-state index in [1.165, 1.54) is 25.8 Å². The van der Waals surface area contributed by atoms with E-state index in [0.717, 1.165) is 18.3 Å². The van der Waals surface area contributed by atoms with Gasteiger partial charge in [0.05, 0.1) is 5.69 Å². The SMILES string of the molecule is NC(=S)c1ncccc1NC1CCN(C2CC2)C1. The highest BCUT2D eigenvalue weighted by atomic mass is 32.1. The van der Waals surface area contributed by atoms with Crippen LogP contribution in [0.5, 0.6) is 0 Å². The lowest BCUT2D eigenvalue weighted by Crippen LogP contribution is -2.28. The number of pyridine rings is 1. The Hall–Kier alpha value is -1.20. The maximum absolute atomic E-state index is 5.69. The van der Waals surface area contributed by atoms with Gasteiger partial charge in [0.15, 0.2) is 0 Å². The molecule has 18 heavy (non-hydrogen) atoms. The van der Waals surface area contributed by atoms with Crippen LogP contribution in [0.4, 0.5) is 5.69 Å². The first-order chi connectivity index (χ1) is 8.74. The van der Waals surface area contributed by atoms with E-state index >= 15 is 0 Å². The number of thiocarbonyl (C=S) groups is 1. The third kappa shape index (κ3) is 2.47. The van der Waals surface area contributed by atoms with E-state index in [4.69, 9.17) is 18.0 Å². The van der Waals surface area contributed by atoms with E-state index < -0.39 is 0 Å². The second-order valence-corrected chi connectivity index (χ2v) is 5.56. The monoisotopic (exact) mass is 262 g/mol. The molecule has 96 valence electrons. The fourth-order valence-corrected chi connectivity index (χ4v) is 2.78.